The first-order valence-electron chi connectivity index (χ1n) is 14.2. The third kappa shape index (κ3) is 7.37. The molecule has 4 rings (SSSR count). The van der Waals surface area contributed by atoms with Crippen LogP contribution in [0, 0.1) is 20.8 Å². The highest BCUT2D eigenvalue weighted by Crippen LogP contribution is 2.34. The van der Waals surface area contributed by atoms with E-state index >= 15 is 0 Å². The number of hydrogen-bond acceptors (Lipinski definition) is 6. The van der Waals surface area contributed by atoms with E-state index < -0.39 is 0 Å². The molecule has 7 nitrogen and oxygen atoms in total. The molecule has 2 heterocycles. The molecule has 210 valence electrons. The molecule has 0 aliphatic carbocycles. The van der Waals surface area contributed by atoms with Crippen LogP contribution in [0.25, 0.3) is 11.1 Å². The molecule has 2 aromatic carbocycles. The maximum absolute atomic E-state index is 12.5. The molecule has 0 bridgehead atoms. The first kappa shape index (κ1) is 29.0. The van der Waals surface area contributed by atoms with Crippen molar-refractivity contribution in [3.8, 4) is 11.1 Å². The maximum atomic E-state index is 12.5. The molecule has 1 aromatic heterocycles. The van der Waals surface area contributed by atoms with Crippen LogP contribution >= 0.6 is 0 Å². The smallest absolute Gasteiger partial charge is 0.252 e. The molecular formula is C32H44N4O3. The zero-order chi connectivity index (χ0) is 27.8. The number of aliphatic hydroxyl groups is 1. The number of aromatic amines is 1. The van der Waals surface area contributed by atoms with E-state index in [2.05, 4.69) is 70.8 Å². The minimum absolute atomic E-state index is 0.0172. The zero-order valence-corrected chi connectivity index (χ0v) is 23.9. The summed E-state index contributed by atoms with van der Waals surface area (Å²) >= 11 is 0. The van der Waals surface area contributed by atoms with E-state index in [-0.39, 0.29) is 12.2 Å². The Kier molecular flexibility index (Phi) is 10.3. The van der Waals surface area contributed by atoms with E-state index in [1.54, 1.807) is 0 Å². The Labute approximate surface area is 232 Å². The largest absolute Gasteiger partial charge is 0.395 e. The summed E-state index contributed by atoms with van der Waals surface area (Å²) in [5.41, 5.74) is 10.0. The van der Waals surface area contributed by atoms with Crippen LogP contribution in [-0.2, 0) is 24.4 Å². The Hall–Kier alpha value is -2.97. The first-order valence-corrected chi connectivity index (χ1v) is 14.2. The van der Waals surface area contributed by atoms with Gasteiger partial charge >= 0.3 is 0 Å². The fraction of sp³-hybridized carbons (Fsp3) is 0.469. The lowest BCUT2D eigenvalue weighted by atomic mass is 9.95. The lowest BCUT2D eigenvalue weighted by Gasteiger charge is -2.37. The van der Waals surface area contributed by atoms with Gasteiger partial charge in [-0.1, -0.05) is 24.3 Å². The predicted molar refractivity (Wildman–Crippen MR) is 159 cm³/mol. The van der Waals surface area contributed by atoms with Crippen LogP contribution in [-0.4, -0.2) is 49.0 Å². The number of nitrogens with zero attached hydrogens (tertiary/aromatic N) is 1. The molecule has 0 unspecified atom stereocenters. The van der Waals surface area contributed by atoms with Gasteiger partial charge in [0.05, 0.1) is 6.61 Å². The molecule has 1 saturated heterocycles. The van der Waals surface area contributed by atoms with Crippen molar-refractivity contribution in [2.24, 2.45) is 0 Å². The number of benzene rings is 2. The lowest BCUT2D eigenvalue weighted by Crippen LogP contribution is -2.40. The Balaban J connectivity index is 1.63. The summed E-state index contributed by atoms with van der Waals surface area (Å²) in [4.78, 5) is 18.0. The predicted octanol–water partition coefficient (Wildman–Crippen LogP) is 4.34. The van der Waals surface area contributed by atoms with Crippen LogP contribution < -0.4 is 21.1 Å². The average molecular weight is 533 g/mol. The normalized spacial score (nSPS) is 14.1. The summed E-state index contributed by atoms with van der Waals surface area (Å²) in [6, 6.07) is 15.8. The van der Waals surface area contributed by atoms with Crippen LogP contribution in [0.1, 0.15) is 53.3 Å². The molecule has 0 saturated carbocycles. The van der Waals surface area contributed by atoms with Gasteiger partial charge in [-0.3, -0.25) is 4.79 Å². The Morgan fingerprint density at radius 3 is 2.38 bits per heavy atom. The van der Waals surface area contributed by atoms with Gasteiger partial charge in [-0.25, -0.2) is 0 Å². The van der Waals surface area contributed by atoms with Crippen molar-refractivity contribution in [1.29, 1.82) is 0 Å². The van der Waals surface area contributed by atoms with Gasteiger partial charge in [0.25, 0.3) is 5.56 Å². The average Bonchev–Trinajstić information content (AvgIpc) is 2.93. The zero-order valence-electron chi connectivity index (χ0n) is 23.9. The van der Waals surface area contributed by atoms with E-state index in [0.29, 0.717) is 25.7 Å². The van der Waals surface area contributed by atoms with Crippen molar-refractivity contribution >= 4 is 5.69 Å². The van der Waals surface area contributed by atoms with Crippen LogP contribution in [0.3, 0.4) is 0 Å². The highest BCUT2D eigenvalue weighted by molar-refractivity contribution is 5.73. The molecule has 3 aromatic rings. The second-order valence-electron chi connectivity index (χ2n) is 10.6. The van der Waals surface area contributed by atoms with Crippen molar-refractivity contribution in [1.82, 2.24) is 15.6 Å². The van der Waals surface area contributed by atoms with Crippen molar-refractivity contribution < 1.29 is 9.84 Å². The molecule has 0 spiro atoms. The molecule has 0 amide bonds. The van der Waals surface area contributed by atoms with Crippen LogP contribution in [0.4, 0.5) is 5.69 Å². The van der Waals surface area contributed by atoms with Gasteiger partial charge < -0.3 is 30.4 Å². The van der Waals surface area contributed by atoms with Gasteiger partial charge in [0.15, 0.2) is 0 Å². The summed E-state index contributed by atoms with van der Waals surface area (Å²) in [6.45, 7) is 13.6. The standard InChI is InChI=1S/C32H44N4O3/c1-5-36(29-10-14-39-15-11-29)31-18-27(26-8-6-25(7-9-26)19-33-12-13-37)17-28(24(31)4)20-34-21-30-22(2)16-23(3)35-32(30)38/h6-9,16-18,29,33-34,37H,5,10-15,19-21H2,1-4H3,(H,35,38). The number of ether oxygens (including phenoxy) is 1. The lowest BCUT2D eigenvalue weighted by molar-refractivity contribution is 0.0846. The second kappa shape index (κ2) is 13.9. The molecule has 1 aliphatic heterocycles. The van der Waals surface area contributed by atoms with E-state index in [0.717, 1.165) is 56.0 Å². The SMILES string of the molecule is CCN(c1cc(-c2ccc(CNCCO)cc2)cc(CNCc2c(C)cc(C)[nH]c2=O)c1C)C1CCOCC1. The molecule has 0 radical (unpaired) electrons. The van der Waals surface area contributed by atoms with Crippen molar-refractivity contribution in [3.63, 3.8) is 0 Å². The molecule has 1 aliphatic rings. The van der Waals surface area contributed by atoms with Gasteiger partial charge in [0.2, 0.25) is 0 Å². The third-order valence-corrected chi connectivity index (χ3v) is 7.79. The Bertz CT molecular complexity index is 1280. The molecule has 4 N–H and O–H groups in total. The number of nitrogens with one attached hydrogen (secondary N) is 3. The highest BCUT2D eigenvalue weighted by Gasteiger charge is 2.23. The molecule has 1 fully saturated rings. The molecular weight excluding hydrogens is 488 g/mol. The van der Waals surface area contributed by atoms with Crippen molar-refractivity contribution in [2.75, 3.05) is 37.8 Å². The van der Waals surface area contributed by atoms with Gasteiger partial charge in [0.1, 0.15) is 0 Å². The Morgan fingerprint density at radius 2 is 1.72 bits per heavy atom. The summed E-state index contributed by atoms with van der Waals surface area (Å²) < 4.78 is 5.66. The monoisotopic (exact) mass is 532 g/mol. The highest BCUT2D eigenvalue weighted by atomic mass is 16.5. The van der Waals surface area contributed by atoms with E-state index in [1.165, 1.54) is 33.5 Å². The van der Waals surface area contributed by atoms with Crippen LogP contribution in [0.15, 0.2) is 47.3 Å². The third-order valence-electron chi connectivity index (χ3n) is 7.79. The molecule has 0 atom stereocenters. The van der Waals surface area contributed by atoms with Gasteiger partial charge in [-0.05, 0) is 92.1 Å². The van der Waals surface area contributed by atoms with Crippen molar-refractivity contribution in [2.45, 2.75) is 66.2 Å². The van der Waals surface area contributed by atoms with Crippen LogP contribution in [0.2, 0.25) is 0 Å². The summed E-state index contributed by atoms with van der Waals surface area (Å²) in [7, 11) is 0. The fourth-order valence-electron chi connectivity index (χ4n) is 5.58. The van der Waals surface area contributed by atoms with E-state index in [9.17, 15) is 4.79 Å². The van der Waals surface area contributed by atoms with E-state index in [4.69, 9.17) is 9.84 Å². The number of H-pyrrole nitrogens is 1. The number of rotatable bonds is 12. The minimum atomic E-state index is -0.0172. The topological polar surface area (TPSA) is 89.6 Å². The van der Waals surface area contributed by atoms with Gasteiger partial charge in [-0.15, -0.1) is 0 Å². The number of aliphatic hydroxyl groups excluding tert-OH is 1. The molecule has 7 heteroatoms. The van der Waals surface area contributed by atoms with E-state index in [1.807, 2.05) is 19.9 Å². The number of aryl methyl sites for hydroxylation is 2. The Morgan fingerprint density at radius 1 is 0.974 bits per heavy atom. The summed E-state index contributed by atoms with van der Waals surface area (Å²) in [6.07, 6.45) is 2.08. The maximum Gasteiger partial charge on any atom is 0.252 e. The number of anilines is 1. The van der Waals surface area contributed by atoms with Crippen molar-refractivity contribution in [3.05, 3.63) is 86.3 Å². The number of pyridine rings is 1. The first-order chi connectivity index (χ1) is 18.9. The van der Waals surface area contributed by atoms with Crippen LogP contribution in [0.5, 0.6) is 0 Å². The number of hydrogen-bond donors (Lipinski definition) is 4. The van der Waals surface area contributed by atoms with Gasteiger partial charge in [0, 0.05) is 68.9 Å². The fourth-order valence-corrected chi connectivity index (χ4v) is 5.58. The quantitative estimate of drug-likeness (QED) is 0.260. The number of aromatic nitrogens is 1. The van der Waals surface area contributed by atoms with Gasteiger partial charge in [-0.2, -0.15) is 0 Å². The molecule has 39 heavy (non-hydrogen) atoms. The summed E-state index contributed by atoms with van der Waals surface area (Å²) in [5, 5.41) is 15.8. The second-order valence-corrected chi connectivity index (χ2v) is 10.6. The minimum Gasteiger partial charge on any atom is -0.395 e. The summed E-state index contributed by atoms with van der Waals surface area (Å²) in [5.74, 6) is 0.